The van der Waals surface area contributed by atoms with Crippen LogP contribution in [0.2, 0.25) is 6.32 Å². The van der Waals surface area contributed by atoms with Gasteiger partial charge in [0.25, 0.3) is 0 Å². The first-order chi connectivity index (χ1) is 21.2. The molecule has 2 aliphatic heterocycles. The molecule has 1 aromatic rings. The molecular weight excluding hydrogens is 585 g/mol. The Morgan fingerprint density at radius 2 is 1.57 bits per heavy atom. The molecule has 3 rings (SSSR count). The van der Waals surface area contributed by atoms with Crippen LogP contribution in [0.1, 0.15) is 115 Å². The third-order valence-electron chi connectivity index (χ3n) is 7.87. The fraction of sp³-hybridized carbons (Fsp3) is 0.743. The zero-order valence-corrected chi connectivity index (χ0v) is 30.8. The minimum absolute atomic E-state index is 0.00458. The molecule has 0 aromatic heterocycles. The van der Waals surface area contributed by atoms with Crippen LogP contribution in [0.15, 0.2) is 30.3 Å². The maximum atomic E-state index is 12.9. The number of rotatable bonds is 9. The van der Waals surface area contributed by atoms with Gasteiger partial charge in [0.1, 0.15) is 24.3 Å². The molecule has 3 atom stereocenters. The molecule has 0 spiro atoms. The molecule has 11 heteroatoms. The van der Waals surface area contributed by atoms with Gasteiger partial charge < -0.3 is 34.7 Å². The largest absolute Gasteiger partial charge is 0.460 e. The van der Waals surface area contributed by atoms with Crippen molar-refractivity contribution in [2.24, 2.45) is 5.41 Å². The van der Waals surface area contributed by atoms with Gasteiger partial charge in [-0.15, -0.1) is 0 Å². The van der Waals surface area contributed by atoms with Crippen molar-refractivity contribution in [1.82, 2.24) is 16.0 Å². The molecule has 0 saturated carbocycles. The second kappa shape index (κ2) is 18.1. The van der Waals surface area contributed by atoms with E-state index in [4.69, 9.17) is 18.8 Å². The number of ether oxygens (including phenoxy) is 2. The summed E-state index contributed by atoms with van der Waals surface area (Å²) < 4.78 is 22.4. The standard InChI is InChI=1S/C23H35N3O5.C10H21BO2.C2H6/c1-22(2,3)18(26-21(29)31-23(4,5)6)19(27)25-16-12-17(24-13-16)20(28)30-14-15-10-8-7-9-11-15;1-6-7-8-11-12-9(2,3)10(4,5)13-11;1-2/h7-11,16-18,24H,12-14H2,1-6H3,(H,25,27)(H,26,29);6-8H2,1-5H3;1-2H3. The first kappa shape index (κ1) is 41.4. The Bertz CT molecular complexity index is 1070. The molecule has 46 heavy (non-hydrogen) atoms. The number of alkyl carbamates (subject to hydrolysis) is 1. The number of unbranched alkanes of at least 4 members (excludes halogenated alkanes) is 1. The average Bonchev–Trinajstić information content (AvgIpc) is 3.49. The lowest BCUT2D eigenvalue weighted by molar-refractivity contribution is -0.147. The molecule has 0 bridgehead atoms. The first-order valence-electron chi connectivity index (χ1n) is 16.8. The van der Waals surface area contributed by atoms with E-state index in [0.29, 0.717) is 13.0 Å². The summed E-state index contributed by atoms with van der Waals surface area (Å²) in [5, 5.41) is 8.70. The number of amides is 2. The molecule has 3 N–H and O–H groups in total. The smallest absolute Gasteiger partial charge is 0.457 e. The zero-order chi connectivity index (χ0) is 35.3. The Morgan fingerprint density at radius 3 is 2.07 bits per heavy atom. The Hall–Kier alpha value is -2.63. The number of hydrogen-bond donors (Lipinski definition) is 3. The molecule has 2 fully saturated rings. The third kappa shape index (κ3) is 14.0. The van der Waals surface area contributed by atoms with Crippen LogP contribution >= 0.6 is 0 Å². The molecule has 262 valence electrons. The van der Waals surface area contributed by atoms with Gasteiger partial charge in [0.05, 0.1) is 11.2 Å². The second-order valence-corrected chi connectivity index (χ2v) is 14.8. The molecule has 2 heterocycles. The van der Waals surface area contributed by atoms with E-state index in [1.807, 2.05) is 65.0 Å². The number of carbonyl (C=O) groups excluding carboxylic acids is 3. The third-order valence-corrected chi connectivity index (χ3v) is 7.87. The van der Waals surface area contributed by atoms with Crippen LogP contribution in [0.3, 0.4) is 0 Å². The minimum Gasteiger partial charge on any atom is -0.460 e. The van der Waals surface area contributed by atoms with E-state index < -0.39 is 29.2 Å². The van der Waals surface area contributed by atoms with Crippen molar-refractivity contribution in [2.75, 3.05) is 6.54 Å². The molecule has 1 aromatic carbocycles. The highest BCUT2D eigenvalue weighted by molar-refractivity contribution is 6.45. The van der Waals surface area contributed by atoms with E-state index in [2.05, 4.69) is 50.6 Å². The van der Waals surface area contributed by atoms with Crippen molar-refractivity contribution < 1.29 is 33.2 Å². The maximum absolute atomic E-state index is 12.9. The average molecular weight is 648 g/mol. The van der Waals surface area contributed by atoms with Gasteiger partial charge in [-0.05, 0) is 72.2 Å². The predicted molar refractivity (Wildman–Crippen MR) is 184 cm³/mol. The summed E-state index contributed by atoms with van der Waals surface area (Å²) in [5.41, 5.74) is -0.594. The summed E-state index contributed by atoms with van der Waals surface area (Å²) in [5.74, 6) is -0.664. The summed E-state index contributed by atoms with van der Waals surface area (Å²) >= 11 is 0. The van der Waals surface area contributed by atoms with Crippen LogP contribution in [-0.2, 0) is 35.0 Å². The van der Waals surface area contributed by atoms with E-state index >= 15 is 0 Å². The number of hydrogen-bond acceptors (Lipinski definition) is 8. The topological polar surface area (TPSA) is 124 Å². The van der Waals surface area contributed by atoms with Crippen molar-refractivity contribution in [1.29, 1.82) is 0 Å². The van der Waals surface area contributed by atoms with Gasteiger partial charge in [0.2, 0.25) is 5.91 Å². The van der Waals surface area contributed by atoms with E-state index in [0.717, 1.165) is 11.9 Å². The fourth-order valence-electron chi connectivity index (χ4n) is 4.69. The summed E-state index contributed by atoms with van der Waals surface area (Å²) in [6.45, 7) is 26.1. The van der Waals surface area contributed by atoms with Gasteiger partial charge >= 0.3 is 19.2 Å². The minimum atomic E-state index is -0.786. The normalized spacial score (nSPS) is 20.7. The Balaban J connectivity index is 0.000000586. The zero-order valence-electron chi connectivity index (χ0n) is 30.8. The highest BCUT2D eigenvalue weighted by Crippen LogP contribution is 2.38. The van der Waals surface area contributed by atoms with Crippen LogP contribution in [0.5, 0.6) is 0 Å². The van der Waals surface area contributed by atoms with Gasteiger partial charge in [0.15, 0.2) is 0 Å². The van der Waals surface area contributed by atoms with Crippen LogP contribution in [0.25, 0.3) is 0 Å². The summed E-state index contributed by atoms with van der Waals surface area (Å²) in [4.78, 5) is 37.5. The number of nitrogens with one attached hydrogen (secondary N) is 3. The maximum Gasteiger partial charge on any atom is 0.457 e. The van der Waals surface area contributed by atoms with Gasteiger partial charge in [-0.25, -0.2) is 4.79 Å². The summed E-state index contributed by atoms with van der Waals surface area (Å²) in [7, 11) is 0.00458. The highest BCUT2D eigenvalue weighted by atomic mass is 16.7. The molecule has 2 aliphatic rings. The van der Waals surface area contributed by atoms with Gasteiger partial charge in [-0.1, -0.05) is 84.7 Å². The summed E-state index contributed by atoms with van der Waals surface area (Å²) in [6, 6.07) is 7.95. The van der Waals surface area contributed by atoms with Gasteiger partial charge in [-0.3, -0.25) is 9.59 Å². The van der Waals surface area contributed by atoms with Crippen molar-refractivity contribution in [3.8, 4) is 0 Å². The number of esters is 1. The van der Waals surface area contributed by atoms with Gasteiger partial charge in [0, 0.05) is 12.6 Å². The molecule has 0 aliphatic carbocycles. The first-order valence-corrected chi connectivity index (χ1v) is 16.8. The van der Waals surface area contributed by atoms with E-state index in [-0.39, 0.29) is 42.8 Å². The van der Waals surface area contributed by atoms with Crippen molar-refractivity contribution in [3.05, 3.63) is 35.9 Å². The van der Waals surface area contributed by atoms with Crippen LogP contribution in [0, 0.1) is 5.41 Å². The van der Waals surface area contributed by atoms with E-state index in [1.165, 1.54) is 12.8 Å². The fourth-order valence-corrected chi connectivity index (χ4v) is 4.69. The Kier molecular flexibility index (Phi) is 16.3. The molecular formula is C35H62BN3O7. The second-order valence-electron chi connectivity index (χ2n) is 14.8. The quantitative estimate of drug-likeness (QED) is 0.207. The molecule has 10 nitrogen and oxygen atoms in total. The van der Waals surface area contributed by atoms with Crippen LogP contribution < -0.4 is 16.0 Å². The van der Waals surface area contributed by atoms with Crippen molar-refractivity contribution >= 4 is 25.1 Å². The van der Waals surface area contributed by atoms with Gasteiger partial charge in [-0.2, -0.15) is 0 Å². The predicted octanol–water partition coefficient (Wildman–Crippen LogP) is 6.42. The lowest BCUT2D eigenvalue weighted by Gasteiger charge is -2.32. The Labute approximate surface area is 278 Å². The van der Waals surface area contributed by atoms with E-state index in [1.54, 1.807) is 20.8 Å². The van der Waals surface area contributed by atoms with Crippen LogP contribution in [0.4, 0.5) is 4.79 Å². The van der Waals surface area contributed by atoms with E-state index in [9.17, 15) is 14.4 Å². The van der Waals surface area contributed by atoms with Crippen molar-refractivity contribution in [3.63, 3.8) is 0 Å². The molecule has 2 saturated heterocycles. The lowest BCUT2D eigenvalue weighted by atomic mass is 9.82. The lowest BCUT2D eigenvalue weighted by Crippen LogP contribution is -2.56. The number of carbonyl (C=O) groups is 3. The molecule has 2 amide bonds. The van der Waals surface area contributed by atoms with Crippen LogP contribution in [-0.4, -0.2) is 66.6 Å². The number of benzene rings is 1. The molecule has 3 unspecified atom stereocenters. The Morgan fingerprint density at radius 1 is 1.00 bits per heavy atom. The highest BCUT2D eigenvalue weighted by Gasteiger charge is 2.50. The van der Waals surface area contributed by atoms with Crippen molar-refractivity contribution in [2.45, 2.75) is 157 Å². The molecule has 0 radical (unpaired) electrons. The SMILES string of the molecule is CC.CC(C)(C)OC(=O)NC(C(=O)NC1CNC(C(=O)OCc2ccccc2)C1)C(C)(C)C.CCCCB1OC(C)(C)C(C)(C)O1. The monoisotopic (exact) mass is 647 g/mol. The summed E-state index contributed by atoms with van der Waals surface area (Å²) in [6.07, 6.45) is 3.17.